The van der Waals surface area contributed by atoms with Crippen LogP contribution in [0.25, 0.3) is 0 Å². The van der Waals surface area contributed by atoms with E-state index < -0.39 is 0 Å². The Morgan fingerprint density at radius 3 is 2.56 bits per heavy atom. The zero-order valence-electron chi connectivity index (χ0n) is 15.7. The molecule has 1 aromatic rings. The molecule has 140 valence electrons. The minimum atomic E-state index is 0.596. The first-order chi connectivity index (χ1) is 12.3. The summed E-state index contributed by atoms with van der Waals surface area (Å²) in [6, 6.07) is 3.36. The van der Waals surface area contributed by atoms with Crippen molar-refractivity contribution in [3.63, 3.8) is 0 Å². The number of nitrogens with one attached hydrogen (secondary N) is 1. The first-order valence-electron chi connectivity index (χ1n) is 10.1. The van der Waals surface area contributed by atoms with Crippen molar-refractivity contribution in [3.8, 4) is 0 Å². The number of hydrogen-bond donors (Lipinski definition) is 1. The van der Waals surface area contributed by atoms with Crippen molar-refractivity contribution in [1.29, 1.82) is 0 Å². The average molecular weight is 347 g/mol. The van der Waals surface area contributed by atoms with E-state index in [-0.39, 0.29) is 0 Å². The first kappa shape index (κ1) is 17.5. The summed E-state index contributed by atoms with van der Waals surface area (Å²) >= 11 is 0. The van der Waals surface area contributed by atoms with Gasteiger partial charge >= 0.3 is 0 Å². The van der Waals surface area contributed by atoms with Crippen LogP contribution in [0.3, 0.4) is 0 Å². The van der Waals surface area contributed by atoms with Gasteiger partial charge in [0.05, 0.1) is 6.04 Å². The lowest BCUT2D eigenvalue weighted by Gasteiger charge is -2.45. The van der Waals surface area contributed by atoms with Crippen molar-refractivity contribution in [1.82, 2.24) is 29.8 Å². The Hall–Kier alpha value is -0.950. The molecule has 1 N–H and O–H groups in total. The predicted octanol–water partition coefficient (Wildman–Crippen LogP) is 0.746. The number of rotatable bonds is 4. The number of likely N-dealkylation sites (N-methyl/N-ethyl adjacent to an activating group) is 1. The normalized spacial score (nSPS) is 31.4. The molecule has 0 amide bonds. The average Bonchev–Trinajstić information content (AvgIpc) is 3.19. The SMILES string of the molecule is CN1CCN(CC2CCNCC2N2CCC(n3cccn3)CC2)CC1. The van der Waals surface area contributed by atoms with E-state index in [2.05, 4.69) is 43.0 Å². The fourth-order valence-corrected chi connectivity index (χ4v) is 4.88. The van der Waals surface area contributed by atoms with Crippen molar-refractivity contribution < 1.29 is 0 Å². The van der Waals surface area contributed by atoms with E-state index in [4.69, 9.17) is 0 Å². The highest BCUT2D eigenvalue weighted by Crippen LogP contribution is 2.27. The number of nitrogens with zero attached hydrogens (tertiary/aromatic N) is 5. The third-order valence-electron chi connectivity index (χ3n) is 6.55. The molecule has 0 saturated carbocycles. The minimum absolute atomic E-state index is 0.596. The highest BCUT2D eigenvalue weighted by atomic mass is 15.3. The molecule has 25 heavy (non-hydrogen) atoms. The molecule has 0 aliphatic carbocycles. The smallest absolute Gasteiger partial charge is 0.0543 e. The van der Waals surface area contributed by atoms with Gasteiger partial charge in [-0.2, -0.15) is 5.10 Å². The van der Waals surface area contributed by atoms with Crippen LogP contribution in [0.15, 0.2) is 18.5 Å². The molecule has 0 bridgehead atoms. The lowest BCUT2D eigenvalue weighted by atomic mass is 9.89. The fraction of sp³-hybridized carbons (Fsp3) is 0.842. The fourth-order valence-electron chi connectivity index (χ4n) is 4.88. The van der Waals surface area contributed by atoms with Crippen molar-refractivity contribution in [2.75, 3.05) is 66.0 Å². The Labute approximate surface area is 152 Å². The van der Waals surface area contributed by atoms with Gasteiger partial charge in [-0.15, -0.1) is 0 Å². The van der Waals surface area contributed by atoms with E-state index >= 15 is 0 Å². The standard InChI is InChI=1S/C19H34N6/c1-22-11-13-23(14-12-22)16-17-3-7-20-15-19(17)24-9-4-18(5-10-24)25-8-2-6-21-25/h2,6,8,17-20H,3-5,7,9-16H2,1H3. The quantitative estimate of drug-likeness (QED) is 0.871. The second kappa shape index (κ2) is 8.16. The summed E-state index contributed by atoms with van der Waals surface area (Å²) in [6.45, 7) is 11.0. The Kier molecular flexibility index (Phi) is 5.70. The third-order valence-corrected chi connectivity index (χ3v) is 6.55. The molecule has 3 saturated heterocycles. The first-order valence-corrected chi connectivity index (χ1v) is 10.1. The van der Waals surface area contributed by atoms with Crippen molar-refractivity contribution in [2.45, 2.75) is 31.3 Å². The van der Waals surface area contributed by atoms with Gasteiger partial charge < -0.3 is 15.1 Å². The van der Waals surface area contributed by atoms with Crippen LogP contribution in [-0.2, 0) is 0 Å². The van der Waals surface area contributed by atoms with E-state index in [9.17, 15) is 0 Å². The highest BCUT2D eigenvalue weighted by molar-refractivity contribution is 4.92. The van der Waals surface area contributed by atoms with E-state index in [1.807, 2.05) is 12.3 Å². The number of aromatic nitrogens is 2. The van der Waals surface area contributed by atoms with Gasteiger partial charge in [-0.25, -0.2) is 0 Å². The van der Waals surface area contributed by atoms with Crippen LogP contribution in [0.2, 0.25) is 0 Å². The Morgan fingerprint density at radius 1 is 1.04 bits per heavy atom. The van der Waals surface area contributed by atoms with E-state index in [0.717, 1.165) is 5.92 Å². The van der Waals surface area contributed by atoms with Gasteiger partial charge in [0, 0.05) is 70.8 Å². The third kappa shape index (κ3) is 4.25. The topological polar surface area (TPSA) is 39.6 Å². The van der Waals surface area contributed by atoms with Crippen LogP contribution in [0.4, 0.5) is 0 Å². The van der Waals surface area contributed by atoms with Crippen LogP contribution in [0, 0.1) is 5.92 Å². The number of likely N-dealkylation sites (tertiary alicyclic amines) is 1. The van der Waals surface area contributed by atoms with Crippen molar-refractivity contribution in [2.24, 2.45) is 5.92 Å². The number of piperazine rings is 1. The molecule has 0 spiro atoms. The van der Waals surface area contributed by atoms with Gasteiger partial charge in [0.15, 0.2) is 0 Å². The van der Waals surface area contributed by atoms with E-state index in [1.165, 1.54) is 78.2 Å². The summed E-state index contributed by atoms with van der Waals surface area (Å²) < 4.78 is 2.16. The van der Waals surface area contributed by atoms with Gasteiger partial charge in [-0.05, 0) is 44.8 Å². The molecular formula is C19H34N6. The molecule has 3 fully saturated rings. The van der Waals surface area contributed by atoms with Crippen LogP contribution < -0.4 is 5.32 Å². The van der Waals surface area contributed by atoms with E-state index in [0.29, 0.717) is 12.1 Å². The van der Waals surface area contributed by atoms with Gasteiger partial charge in [0.1, 0.15) is 0 Å². The minimum Gasteiger partial charge on any atom is -0.315 e. The van der Waals surface area contributed by atoms with Crippen molar-refractivity contribution >= 4 is 0 Å². The van der Waals surface area contributed by atoms with Gasteiger partial charge in [0.2, 0.25) is 0 Å². The molecule has 4 rings (SSSR count). The lowest BCUT2D eigenvalue weighted by Crippen LogP contribution is -2.57. The highest BCUT2D eigenvalue weighted by Gasteiger charge is 2.34. The van der Waals surface area contributed by atoms with Crippen LogP contribution in [-0.4, -0.2) is 96.5 Å². The maximum Gasteiger partial charge on any atom is 0.0543 e. The largest absolute Gasteiger partial charge is 0.315 e. The van der Waals surface area contributed by atoms with Crippen LogP contribution in [0.5, 0.6) is 0 Å². The molecule has 4 heterocycles. The molecule has 3 aliphatic rings. The monoisotopic (exact) mass is 346 g/mol. The predicted molar refractivity (Wildman–Crippen MR) is 101 cm³/mol. The molecule has 0 radical (unpaired) electrons. The molecule has 0 aromatic carbocycles. The Bertz CT molecular complexity index is 502. The second-order valence-corrected chi connectivity index (χ2v) is 8.18. The number of hydrogen-bond acceptors (Lipinski definition) is 5. The molecular weight excluding hydrogens is 312 g/mol. The molecule has 2 atom stereocenters. The molecule has 3 aliphatic heterocycles. The van der Waals surface area contributed by atoms with Crippen LogP contribution >= 0.6 is 0 Å². The zero-order chi connectivity index (χ0) is 17.1. The lowest BCUT2D eigenvalue weighted by molar-refractivity contribution is 0.0482. The van der Waals surface area contributed by atoms with Crippen molar-refractivity contribution in [3.05, 3.63) is 18.5 Å². The van der Waals surface area contributed by atoms with E-state index in [1.54, 1.807) is 0 Å². The summed E-state index contributed by atoms with van der Waals surface area (Å²) in [6.07, 6.45) is 7.83. The van der Waals surface area contributed by atoms with Crippen LogP contribution in [0.1, 0.15) is 25.3 Å². The maximum absolute atomic E-state index is 4.45. The summed E-state index contributed by atoms with van der Waals surface area (Å²) in [4.78, 5) is 7.93. The molecule has 6 nitrogen and oxygen atoms in total. The zero-order valence-corrected chi connectivity index (χ0v) is 15.7. The Morgan fingerprint density at radius 2 is 1.84 bits per heavy atom. The molecule has 6 heteroatoms. The maximum atomic E-state index is 4.45. The van der Waals surface area contributed by atoms with Gasteiger partial charge in [-0.1, -0.05) is 0 Å². The summed E-state index contributed by atoms with van der Waals surface area (Å²) in [7, 11) is 2.24. The molecule has 2 unspecified atom stereocenters. The Balaban J connectivity index is 1.32. The summed E-state index contributed by atoms with van der Waals surface area (Å²) in [5, 5.41) is 8.11. The second-order valence-electron chi connectivity index (χ2n) is 8.18. The number of piperidine rings is 2. The van der Waals surface area contributed by atoms with Gasteiger partial charge in [-0.3, -0.25) is 9.58 Å². The molecule has 1 aromatic heterocycles. The summed E-state index contributed by atoms with van der Waals surface area (Å²) in [5.41, 5.74) is 0. The summed E-state index contributed by atoms with van der Waals surface area (Å²) in [5.74, 6) is 0.825. The van der Waals surface area contributed by atoms with Gasteiger partial charge in [0.25, 0.3) is 0 Å².